The Bertz CT molecular complexity index is 1430. The van der Waals surface area contributed by atoms with E-state index in [0.717, 1.165) is 16.8 Å². The van der Waals surface area contributed by atoms with Gasteiger partial charge in [0.1, 0.15) is 16.4 Å². The Labute approximate surface area is 186 Å². The van der Waals surface area contributed by atoms with Crippen LogP contribution in [-0.2, 0) is 0 Å². The summed E-state index contributed by atoms with van der Waals surface area (Å²) in [6.07, 6.45) is 0. The van der Waals surface area contributed by atoms with E-state index in [4.69, 9.17) is 16.3 Å². The summed E-state index contributed by atoms with van der Waals surface area (Å²) in [6.45, 7) is 0. The summed E-state index contributed by atoms with van der Waals surface area (Å²) >= 11 is 8.16. The number of ether oxygens (including phenoxy) is 1. The first-order valence-electron chi connectivity index (χ1n) is 9.50. The van der Waals surface area contributed by atoms with Gasteiger partial charge in [0.15, 0.2) is 5.75 Å². The zero-order valence-electron chi connectivity index (χ0n) is 16.4. The van der Waals surface area contributed by atoms with E-state index in [1.807, 2.05) is 29.6 Å². The van der Waals surface area contributed by atoms with Gasteiger partial charge in [-0.25, -0.2) is 0 Å². The number of methoxy groups -OCH3 is 1. The second-order valence-electron chi connectivity index (χ2n) is 7.03. The van der Waals surface area contributed by atoms with Crippen molar-refractivity contribution in [3.8, 4) is 39.4 Å². The fourth-order valence-electron chi connectivity index (χ4n) is 3.73. The Kier molecular flexibility index (Phi) is 4.81. The standard InChI is InChI=1S/C24H17ClN2O3S/c1-30-18-8-4-15(5-9-18)21-23(28)22-19(26-24(21)29)12-20(25)27(22)17-6-2-14(3-7-17)16-10-11-31-13-16/h2-13H,1H3,(H2,26,28,29). The third-order valence-electron chi connectivity index (χ3n) is 5.25. The minimum absolute atomic E-state index is 0.127. The van der Waals surface area contributed by atoms with Gasteiger partial charge >= 0.3 is 0 Å². The molecule has 0 amide bonds. The largest absolute Gasteiger partial charge is 0.505 e. The topological polar surface area (TPSA) is 67.2 Å². The van der Waals surface area contributed by atoms with Crippen LogP contribution >= 0.6 is 22.9 Å². The number of hydrogen-bond donors (Lipinski definition) is 2. The number of thiophene rings is 1. The van der Waals surface area contributed by atoms with Gasteiger partial charge in [-0.1, -0.05) is 35.9 Å². The van der Waals surface area contributed by atoms with Crippen LogP contribution in [0.3, 0.4) is 0 Å². The number of benzene rings is 2. The normalized spacial score (nSPS) is 11.2. The van der Waals surface area contributed by atoms with Gasteiger partial charge in [0.2, 0.25) is 0 Å². The van der Waals surface area contributed by atoms with Crippen LogP contribution in [-0.4, -0.2) is 21.8 Å². The summed E-state index contributed by atoms with van der Waals surface area (Å²) < 4.78 is 6.91. The van der Waals surface area contributed by atoms with Crippen molar-refractivity contribution >= 4 is 34.0 Å². The molecular formula is C24H17ClN2O3S. The van der Waals surface area contributed by atoms with E-state index in [2.05, 4.69) is 16.4 Å². The second kappa shape index (κ2) is 7.65. The van der Waals surface area contributed by atoms with E-state index < -0.39 is 5.56 Å². The number of halogens is 1. The van der Waals surface area contributed by atoms with E-state index in [1.165, 1.54) is 0 Å². The van der Waals surface area contributed by atoms with Gasteiger partial charge in [-0.05, 0) is 63.8 Å². The highest BCUT2D eigenvalue weighted by Crippen LogP contribution is 2.37. The van der Waals surface area contributed by atoms with Crippen LogP contribution < -0.4 is 10.3 Å². The molecule has 0 spiro atoms. The number of aromatic hydroxyl groups is 1. The maximum absolute atomic E-state index is 12.7. The molecule has 5 rings (SSSR count). The van der Waals surface area contributed by atoms with Crippen molar-refractivity contribution in [3.05, 3.63) is 86.9 Å². The molecule has 0 fully saturated rings. The first kappa shape index (κ1) is 19.5. The van der Waals surface area contributed by atoms with Crippen molar-refractivity contribution in [2.75, 3.05) is 7.11 Å². The van der Waals surface area contributed by atoms with Gasteiger partial charge < -0.3 is 14.8 Å². The van der Waals surface area contributed by atoms with Crippen LogP contribution in [0.2, 0.25) is 5.15 Å². The molecule has 5 nitrogen and oxygen atoms in total. The number of fused-ring (bicyclic) bond motifs is 1. The third kappa shape index (κ3) is 3.30. The van der Waals surface area contributed by atoms with Crippen LogP contribution in [0, 0.1) is 0 Å². The average molecular weight is 449 g/mol. The maximum atomic E-state index is 12.7. The average Bonchev–Trinajstić information content (AvgIpc) is 3.42. The minimum atomic E-state index is -0.392. The van der Waals surface area contributed by atoms with Crippen molar-refractivity contribution in [2.24, 2.45) is 0 Å². The molecule has 31 heavy (non-hydrogen) atoms. The number of rotatable bonds is 4. The molecule has 154 valence electrons. The van der Waals surface area contributed by atoms with Crippen LogP contribution in [0.1, 0.15) is 0 Å². The number of pyridine rings is 1. The van der Waals surface area contributed by atoms with Crippen molar-refractivity contribution in [2.45, 2.75) is 0 Å². The molecule has 5 aromatic rings. The van der Waals surface area contributed by atoms with E-state index in [-0.39, 0.29) is 11.3 Å². The predicted octanol–water partition coefficient (Wildman–Crippen LogP) is 6.08. The van der Waals surface area contributed by atoms with E-state index in [0.29, 0.717) is 27.5 Å². The molecule has 0 aliphatic heterocycles. The van der Waals surface area contributed by atoms with E-state index >= 15 is 0 Å². The fraction of sp³-hybridized carbons (Fsp3) is 0.0417. The Morgan fingerprint density at radius 2 is 1.71 bits per heavy atom. The number of hydrogen-bond acceptors (Lipinski definition) is 4. The lowest BCUT2D eigenvalue weighted by atomic mass is 10.1. The lowest BCUT2D eigenvalue weighted by Crippen LogP contribution is -2.09. The summed E-state index contributed by atoms with van der Waals surface area (Å²) in [5, 5.41) is 15.7. The number of nitrogens with one attached hydrogen (secondary N) is 1. The van der Waals surface area contributed by atoms with Gasteiger partial charge in [-0.15, -0.1) is 0 Å². The highest BCUT2D eigenvalue weighted by atomic mass is 35.5. The monoisotopic (exact) mass is 448 g/mol. The Balaban J connectivity index is 1.69. The zero-order valence-corrected chi connectivity index (χ0v) is 18.0. The number of nitrogens with zero attached hydrogens (tertiary/aromatic N) is 1. The van der Waals surface area contributed by atoms with Crippen LogP contribution in [0.15, 0.2) is 76.2 Å². The molecular weight excluding hydrogens is 432 g/mol. The highest BCUT2D eigenvalue weighted by molar-refractivity contribution is 7.08. The zero-order chi connectivity index (χ0) is 21.5. The fourth-order valence-corrected chi connectivity index (χ4v) is 4.68. The van der Waals surface area contributed by atoms with Crippen LogP contribution in [0.4, 0.5) is 0 Å². The molecule has 0 radical (unpaired) electrons. The quantitative estimate of drug-likeness (QED) is 0.350. The van der Waals surface area contributed by atoms with Crippen molar-refractivity contribution in [1.82, 2.24) is 9.55 Å². The Morgan fingerprint density at radius 3 is 2.35 bits per heavy atom. The van der Waals surface area contributed by atoms with Crippen molar-refractivity contribution in [1.29, 1.82) is 0 Å². The van der Waals surface area contributed by atoms with Crippen LogP contribution in [0.25, 0.3) is 39.0 Å². The van der Waals surface area contributed by atoms with E-state index in [1.54, 1.807) is 53.3 Å². The number of H-pyrrole nitrogens is 1. The molecule has 0 saturated carbocycles. The third-order valence-corrected chi connectivity index (χ3v) is 6.21. The van der Waals surface area contributed by atoms with Gasteiger partial charge in [0.25, 0.3) is 5.56 Å². The first-order chi connectivity index (χ1) is 15.1. The first-order valence-corrected chi connectivity index (χ1v) is 10.8. The molecule has 0 bridgehead atoms. The van der Waals surface area contributed by atoms with Gasteiger partial charge in [-0.3, -0.25) is 9.36 Å². The van der Waals surface area contributed by atoms with Crippen molar-refractivity contribution < 1.29 is 9.84 Å². The summed E-state index contributed by atoms with van der Waals surface area (Å²) in [6, 6.07) is 18.6. The summed E-state index contributed by atoms with van der Waals surface area (Å²) in [4.78, 5) is 15.6. The maximum Gasteiger partial charge on any atom is 0.260 e. The van der Waals surface area contributed by atoms with E-state index in [9.17, 15) is 9.90 Å². The van der Waals surface area contributed by atoms with Crippen molar-refractivity contribution in [3.63, 3.8) is 0 Å². The summed E-state index contributed by atoms with van der Waals surface area (Å²) in [5.74, 6) is 0.538. The molecule has 7 heteroatoms. The molecule has 0 saturated heterocycles. The minimum Gasteiger partial charge on any atom is -0.505 e. The highest BCUT2D eigenvalue weighted by Gasteiger charge is 2.20. The predicted molar refractivity (Wildman–Crippen MR) is 126 cm³/mol. The molecule has 0 aliphatic rings. The van der Waals surface area contributed by atoms with Gasteiger partial charge in [0, 0.05) is 5.69 Å². The lowest BCUT2D eigenvalue weighted by molar-refractivity contribution is 0.415. The molecule has 2 aromatic carbocycles. The molecule has 0 unspecified atom stereocenters. The lowest BCUT2D eigenvalue weighted by Gasteiger charge is -2.12. The Hall–Kier alpha value is -3.48. The second-order valence-corrected chi connectivity index (χ2v) is 8.20. The van der Waals surface area contributed by atoms with Gasteiger partial charge in [0.05, 0.1) is 18.2 Å². The smallest absolute Gasteiger partial charge is 0.260 e. The molecule has 3 aromatic heterocycles. The van der Waals surface area contributed by atoms with Gasteiger partial charge in [-0.2, -0.15) is 11.3 Å². The van der Waals surface area contributed by atoms with Crippen LogP contribution in [0.5, 0.6) is 11.5 Å². The number of aromatic amines is 1. The molecule has 0 atom stereocenters. The summed E-state index contributed by atoms with van der Waals surface area (Å²) in [7, 11) is 1.57. The molecule has 0 aliphatic carbocycles. The molecule has 3 heterocycles. The number of aromatic nitrogens is 2. The SMILES string of the molecule is COc1ccc(-c2c(O)c3c(cc(Cl)n3-c3ccc(-c4ccsc4)cc3)[nH]c2=O)cc1. The molecule has 2 N–H and O–H groups in total. The Morgan fingerprint density at radius 1 is 1.00 bits per heavy atom. The summed E-state index contributed by atoms with van der Waals surface area (Å²) in [5.41, 5.74) is 4.30.